The quantitative estimate of drug-likeness (QED) is 0.209. The topological polar surface area (TPSA) is 45.4 Å². The Morgan fingerprint density at radius 1 is 0.791 bits per heavy atom. The van der Waals surface area contributed by atoms with E-state index in [2.05, 4.69) is 122 Å². The van der Waals surface area contributed by atoms with E-state index in [1.807, 2.05) is 18.3 Å². The summed E-state index contributed by atoms with van der Waals surface area (Å²) >= 11 is 0. The standard InChI is InChI=1S/C38H36N4O/c1-5-38(6-2)23-25-15-10-12-21-30(25)42-34-35(41(36(38)42)26-16-8-7-9-17-26)40-32(24-39-34)37(3,4)29-20-14-19-28-27-18-11-13-22-31(27)43-33(28)29/h7-22,24,36H,5-6,23H2,1-4H3. The first-order valence-corrected chi connectivity index (χ1v) is 15.5. The SMILES string of the molecule is CCC1(CC)Cc2ccccc2N2c3ncc(C(C)(C)c4cccc5c4oc4ccccc45)nc3N(c3ccccc3)C21. The highest BCUT2D eigenvalue weighted by Crippen LogP contribution is 2.57. The summed E-state index contributed by atoms with van der Waals surface area (Å²) in [7, 11) is 0. The van der Waals surface area contributed by atoms with Crippen molar-refractivity contribution in [3.05, 3.63) is 120 Å². The summed E-state index contributed by atoms with van der Waals surface area (Å²) in [6.07, 6.45) is 5.21. The molecule has 0 amide bonds. The molecule has 0 spiro atoms. The molecule has 5 nitrogen and oxygen atoms in total. The van der Waals surface area contributed by atoms with Gasteiger partial charge in [0.15, 0.2) is 11.6 Å². The van der Waals surface area contributed by atoms with E-state index in [0.717, 1.165) is 69.8 Å². The normalized spacial score (nSPS) is 17.3. The summed E-state index contributed by atoms with van der Waals surface area (Å²) in [5.41, 5.74) is 7.19. The van der Waals surface area contributed by atoms with Gasteiger partial charge < -0.3 is 14.2 Å². The number of fused-ring (bicyclic) bond motifs is 8. The Morgan fingerprint density at radius 3 is 2.33 bits per heavy atom. The minimum atomic E-state index is -0.453. The number of para-hydroxylation sites is 4. The Labute approximate surface area is 252 Å². The van der Waals surface area contributed by atoms with Gasteiger partial charge in [0.25, 0.3) is 0 Å². The van der Waals surface area contributed by atoms with Crippen LogP contribution in [0.3, 0.4) is 0 Å². The summed E-state index contributed by atoms with van der Waals surface area (Å²) in [5, 5.41) is 2.27. The van der Waals surface area contributed by atoms with Crippen LogP contribution in [0.15, 0.2) is 108 Å². The Bertz CT molecular complexity index is 1990. The Hall–Kier alpha value is -4.64. The van der Waals surface area contributed by atoms with Gasteiger partial charge in [0.2, 0.25) is 0 Å². The first kappa shape index (κ1) is 26.0. The molecule has 4 aromatic carbocycles. The fraction of sp³-hybridized carbons (Fsp3) is 0.263. The third kappa shape index (κ3) is 3.64. The van der Waals surface area contributed by atoms with Crippen LogP contribution < -0.4 is 9.80 Å². The van der Waals surface area contributed by atoms with E-state index < -0.39 is 5.41 Å². The smallest absolute Gasteiger partial charge is 0.178 e. The summed E-state index contributed by atoms with van der Waals surface area (Å²) in [6.45, 7) is 9.15. The molecule has 0 fully saturated rings. The van der Waals surface area contributed by atoms with Gasteiger partial charge in [-0.15, -0.1) is 0 Å². The van der Waals surface area contributed by atoms with E-state index in [4.69, 9.17) is 14.4 Å². The van der Waals surface area contributed by atoms with Gasteiger partial charge in [0, 0.05) is 38.5 Å². The fourth-order valence-electron chi connectivity index (χ4n) is 7.61. The van der Waals surface area contributed by atoms with E-state index in [-0.39, 0.29) is 11.6 Å². The maximum Gasteiger partial charge on any atom is 0.178 e. The van der Waals surface area contributed by atoms with Crippen LogP contribution >= 0.6 is 0 Å². The fourth-order valence-corrected chi connectivity index (χ4v) is 7.61. The van der Waals surface area contributed by atoms with Crippen molar-refractivity contribution in [3.63, 3.8) is 0 Å². The summed E-state index contributed by atoms with van der Waals surface area (Å²) in [4.78, 5) is 15.7. The average Bonchev–Trinajstić information content (AvgIpc) is 3.61. The largest absolute Gasteiger partial charge is 0.456 e. The van der Waals surface area contributed by atoms with Gasteiger partial charge in [0.1, 0.15) is 17.3 Å². The van der Waals surface area contributed by atoms with Crippen LogP contribution in [0.2, 0.25) is 0 Å². The average molecular weight is 565 g/mol. The Morgan fingerprint density at radius 2 is 1.51 bits per heavy atom. The van der Waals surface area contributed by atoms with Crippen molar-refractivity contribution in [2.75, 3.05) is 9.80 Å². The number of benzene rings is 4. The highest BCUT2D eigenvalue weighted by molar-refractivity contribution is 6.06. The molecule has 0 N–H and O–H groups in total. The molecular weight excluding hydrogens is 528 g/mol. The number of aromatic nitrogens is 2. The molecule has 4 heterocycles. The van der Waals surface area contributed by atoms with Crippen molar-refractivity contribution in [2.45, 2.75) is 58.5 Å². The zero-order valence-electron chi connectivity index (χ0n) is 25.2. The molecule has 0 aliphatic carbocycles. The van der Waals surface area contributed by atoms with Crippen molar-refractivity contribution >= 4 is 44.9 Å². The Balaban J connectivity index is 1.35. The monoisotopic (exact) mass is 564 g/mol. The highest BCUT2D eigenvalue weighted by atomic mass is 16.3. The molecule has 2 aliphatic rings. The second kappa shape index (κ2) is 9.43. The predicted octanol–water partition coefficient (Wildman–Crippen LogP) is 9.68. The highest BCUT2D eigenvalue weighted by Gasteiger charge is 2.54. The maximum absolute atomic E-state index is 6.48. The van der Waals surface area contributed by atoms with Crippen LogP contribution in [-0.4, -0.2) is 16.1 Å². The minimum Gasteiger partial charge on any atom is -0.456 e. The second-order valence-corrected chi connectivity index (χ2v) is 12.6. The summed E-state index contributed by atoms with van der Waals surface area (Å²) < 4.78 is 6.48. The Kier molecular flexibility index (Phi) is 5.71. The van der Waals surface area contributed by atoms with Gasteiger partial charge in [-0.05, 0) is 62.9 Å². The van der Waals surface area contributed by atoms with Crippen LogP contribution in [0.1, 0.15) is 57.4 Å². The number of hydrogen-bond donors (Lipinski definition) is 0. The van der Waals surface area contributed by atoms with Gasteiger partial charge in [-0.1, -0.05) is 86.6 Å². The van der Waals surface area contributed by atoms with E-state index in [9.17, 15) is 0 Å². The first-order chi connectivity index (χ1) is 21.0. The van der Waals surface area contributed by atoms with Gasteiger partial charge >= 0.3 is 0 Å². The van der Waals surface area contributed by atoms with E-state index in [1.165, 1.54) is 11.3 Å². The molecule has 214 valence electrons. The summed E-state index contributed by atoms with van der Waals surface area (Å²) in [5.74, 6) is 1.84. The number of nitrogens with zero attached hydrogens (tertiary/aromatic N) is 4. The number of rotatable bonds is 5. The van der Waals surface area contributed by atoms with Gasteiger partial charge in [-0.3, -0.25) is 0 Å². The van der Waals surface area contributed by atoms with Crippen molar-refractivity contribution in [1.29, 1.82) is 0 Å². The second-order valence-electron chi connectivity index (χ2n) is 12.6. The van der Waals surface area contributed by atoms with E-state index in [0.29, 0.717) is 0 Å². The lowest BCUT2D eigenvalue weighted by Gasteiger charge is -2.50. The van der Waals surface area contributed by atoms with Gasteiger partial charge in [0.05, 0.1) is 11.9 Å². The number of furan rings is 1. The molecule has 0 radical (unpaired) electrons. The van der Waals surface area contributed by atoms with Crippen molar-refractivity contribution in [3.8, 4) is 0 Å². The van der Waals surface area contributed by atoms with Crippen LogP contribution in [-0.2, 0) is 11.8 Å². The predicted molar refractivity (Wildman–Crippen MR) is 176 cm³/mol. The molecule has 8 rings (SSSR count). The molecule has 1 atom stereocenters. The molecule has 0 saturated carbocycles. The molecule has 6 aromatic rings. The van der Waals surface area contributed by atoms with Crippen LogP contribution in [0, 0.1) is 5.41 Å². The molecule has 0 bridgehead atoms. The van der Waals surface area contributed by atoms with Crippen molar-refractivity contribution in [2.24, 2.45) is 5.41 Å². The number of anilines is 4. The molecule has 5 heteroatoms. The zero-order chi connectivity index (χ0) is 29.3. The summed E-state index contributed by atoms with van der Waals surface area (Å²) in [6, 6.07) is 34.3. The van der Waals surface area contributed by atoms with Gasteiger partial charge in [-0.2, -0.15) is 0 Å². The molecule has 43 heavy (non-hydrogen) atoms. The van der Waals surface area contributed by atoms with Crippen LogP contribution in [0.4, 0.5) is 23.0 Å². The molecule has 1 unspecified atom stereocenters. The van der Waals surface area contributed by atoms with E-state index in [1.54, 1.807) is 0 Å². The van der Waals surface area contributed by atoms with Crippen LogP contribution in [0.5, 0.6) is 0 Å². The first-order valence-electron chi connectivity index (χ1n) is 15.5. The maximum atomic E-state index is 6.48. The van der Waals surface area contributed by atoms with E-state index >= 15 is 0 Å². The molecule has 2 aromatic heterocycles. The molecular formula is C38H36N4O. The third-order valence-corrected chi connectivity index (χ3v) is 10.2. The minimum absolute atomic E-state index is 0.0299. The number of hydrogen-bond acceptors (Lipinski definition) is 5. The third-order valence-electron chi connectivity index (χ3n) is 10.2. The lowest BCUT2D eigenvalue weighted by atomic mass is 9.70. The van der Waals surface area contributed by atoms with Crippen LogP contribution in [0.25, 0.3) is 21.9 Å². The van der Waals surface area contributed by atoms with Crippen molar-refractivity contribution in [1.82, 2.24) is 9.97 Å². The molecule has 2 aliphatic heterocycles. The lowest BCUT2D eigenvalue weighted by Crippen LogP contribution is -2.55. The van der Waals surface area contributed by atoms with Gasteiger partial charge in [-0.25, -0.2) is 9.97 Å². The lowest BCUT2D eigenvalue weighted by molar-refractivity contribution is 0.197. The molecule has 0 saturated heterocycles. The zero-order valence-corrected chi connectivity index (χ0v) is 25.2. The van der Waals surface area contributed by atoms with Crippen molar-refractivity contribution < 1.29 is 4.42 Å².